The average Bonchev–Trinajstić information content (AvgIpc) is 2.91. The Morgan fingerprint density at radius 3 is 2.30 bits per heavy atom. The number of hydrogen-bond donors (Lipinski definition) is 2. The van der Waals surface area contributed by atoms with Crippen molar-refractivity contribution in [2.24, 2.45) is 0 Å². The van der Waals surface area contributed by atoms with E-state index in [1.807, 2.05) is 0 Å². The van der Waals surface area contributed by atoms with Crippen molar-refractivity contribution in [1.82, 2.24) is 0 Å². The highest BCUT2D eigenvalue weighted by Crippen LogP contribution is 2.43. The topological polar surface area (TPSA) is 156 Å². The van der Waals surface area contributed by atoms with Crippen LogP contribution in [0.15, 0.2) is 22.8 Å². The number of furan rings is 1. The highest BCUT2D eigenvalue weighted by atomic mass is 16.6. The molecule has 0 spiro atoms. The van der Waals surface area contributed by atoms with E-state index in [0.717, 1.165) is 0 Å². The lowest BCUT2D eigenvalue weighted by Gasteiger charge is -2.10. The van der Waals surface area contributed by atoms with Crippen LogP contribution in [-0.4, -0.2) is 4.92 Å². The zero-order valence-corrected chi connectivity index (χ0v) is 9.95. The van der Waals surface area contributed by atoms with Crippen molar-refractivity contribution in [3.05, 3.63) is 39.6 Å². The summed E-state index contributed by atoms with van der Waals surface area (Å²) in [5.74, 6) is 0.0798. The number of nitrogen functional groups attached to an aromatic ring is 2. The molecule has 0 amide bonds. The van der Waals surface area contributed by atoms with Gasteiger partial charge in [0.2, 0.25) is 0 Å². The van der Waals surface area contributed by atoms with E-state index in [1.54, 1.807) is 12.1 Å². The molecular weight excluding hydrogens is 262 g/mol. The van der Waals surface area contributed by atoms with Crippen LogP contribution < -0.4 is 11.5 Å². The summed E-state index contributed by atoms with van der Waals surface area (Å²) in [6.07, 6.45) is 1.30. The predicted molar refractivity (Wildman–Crippen MR) is 69.1 cm³/mol. The van der Waals surface area contributed by atoms with E-state index in [1.165, 1.54) is 18.4 Å². The first-order valence-electron chi connectivity index (χ1n) is 5.26. The molecule has 2 aromatic rings. The molecule has 8 heteroatoms. The number of anilines is 2. The molecule has 20 heavy (non-hydrogen) atoms. The summed E-state index contributed by atoms with van der Waals surface area (Å²) in [5.41, 5.74) is 9.54. The molecule has 0 bridgehead atoms. The van der Waals surface area contributed by atoms with Crippen LogP contribution in [0, 0.1) is 32.8 Å². The molecule has 0 saturated heterocycles. The zero-order chi connectivity index (χ0) is 14.9. The standard InChI is InChI=1S/C12H7N5O3/c13-4-6-9(8-2-1-3-20-8)12(17(18)19)11(16)7(5-14)10(6)15/h1-3H,15-16H2. The van der Waals surface area contributed by atoms with E-state index in [-0.39, 0.29) is 33.8 Å². The van der Waals surface area contributed by atoms with Crippen molar-refractivity contribution >= 4 is 17.1 Å². The summed E-state index contributed by atoms with van der Waals surface area (Å²) in [6.45, 7) is 0. The van der Waals surface area contributed by atoms with E-state index >= 15 is 0 Å². The quantitative estimate of drug-likeness (QED) is 0.477. The van der Waals surface area contributed by atoms with Crippen molar-refractivity contribution in [2.75, 3.05) is 11.5 Å². The lowest BCUT2D eigenvalue weighted by atomic mass is 9.96. The predicted octanol–water partition coefficient (Wildman–Crippen LogP) is 1.76. The molecule has 0 saturated carbocycles. The van der Waals surface area contributed by atoms with Crippen LogP contribution >= 0.6 is 0 Å². The van der Waals surface area contributed by atoms with Crippen molar-refractivity contribution in [2.45, 2.75) is 0 Å². The van der Waals surface area contributed by atoms with Gasteiger partial charge >= 0.3 is 5.69 Å². The van der Waals surface area contributed by atoms with Gasteiger partial charge in [-0.2, -0.15) is 10.5 Å². The third-order valence-corrected chi connectivity index (χ3v) is 2.72. The van der Waals surface area contributed by atoms with Crippen LogP contribution in [0.25, 0.3) is 11.3 Å². The van der Waals surface area contributed by atoms with Crippen molar-refractivity contribution in [1.29, 1.82) is 10.5 Å². The Morgan fingerprint density at radius 2 is 1.85 bits per heavy atom. The molecule has 4 N–H and O–H groups in total. The van der Waals surface area contributed by atoms with E-state index in [2.05, 4.69) is 0 Å². The lowest BCUT2D eigenvalue weighted by Crippen LogP contribution is -2.07. The highest BCUT2D eigenvalue weighted by Gasteiger charge is 2.31. The Labute approximate surface area is 112 Å². The summed E-state index contributed by atoms with van der Waals surface area (Å²) in [6, 6.07) is 6.37. The molecule has 8 nitrogen and oxygen atoms in total. The molecule has 0 aliphatic carbocycles. The fourth-order valence-electron chi connectivity index (χ4n) is 1.86. The number of nitrogens with zero attached hydrogens (tertiary/aromatic N) is 3. The van der Waals surface area contributed by atoms with E-state index in [9.17, 15) is 15.4 Å². The van der Waals surface area contributed by atoms with Crippen LogP contribution in [0.2, 0.25) is 0 Å². The highest BCUT2D eigenvalue weighted by molar-refractivity contribution is 5.93. The number of benzene rings is 1. The van der Waals surface area contributed by atoms with Crippen molar-refractivity contribution in [3.63, 3.8) is 0 Å². The van der Waals surface area contributed by atoms with Crippen LogP contribution in [0.1, 0.15) is 11.1 Å². The smallest absolute Gasteiger partial charge is 0.305 e. The Morgan fingerprint density at radius 1 is 1.20 bits per heavy atom. The maximum atomic E-state index is 11.2. The van der Waals surface area contributed by atoms with Gasteiger partial charge in [0.1, 0.15) is 34.7 Å². The molecule has 0 atom stereocenters. The fraction of sp³-hybridized carbons (Fsp3) is 0. The van der Waals surface area contributed by atoms with Gasteiger partial charge in [-0.25, -0.2) is 0 Å². The second kappa shape index (κ2) is 4.63. The van der Waals surface area contributed by atoms with Gasteiger partial charge in [-0.05, 0) is 12.1 Å². The molecule has 98 valence electrons. The minimum atomic E-state index is -0.770. The summed E-state index contributed by atoms with van der Waals surface area (Å²) < 4.78 is 5.09. The third-order valence-electron chi connectivity index (χ3n) is 2.72. The van der Waals surface area contributed by atoms with Gasteiger partial charge in [0.15, 0.2) is 0 Å². The monoisotopic (exact) mass is 269 g/mol. The summed E-state index contributed by atoms with van der Waals surface area (Å²) in [5, 5.41) is 29.4. The SMILES string of the molecule is N#Cc1c(N)c(C#N)c(-c2ccco2)c([N+](=O)[O-])c1N. The first-order valence-corrected chi connectivity index (χ1v) is 5.26. The first kappa shape index (κ1) is 12.9. The van der Waals surface area contributed by atoms with Gasteiger partial charge < -0.3 is 15.9 Å². The van der Waals surface area contributed by atoms with Crippen molar-refractivity contribution in [3.8, 4) is 23.5 Å². The Bertz CT molecular complexity index is 781. The Balaban J connectivity index is 3.03. The number of nitrogens with two attached hydrogens (primary N) is 2. The van der Waals surface area contributed by atoms with Gasteiger partial charge in [-0.1, -0.05) is 0 Å². The molecule has 0 unspecified atom stereocenters. The fourth-order valence-corrected chi connectivity index (χ4v) is 1.86. The van der Waals surface area contributed by atoms with Gasteiger partial charge in [-0.15, -0.1) is 0 Å². The minimum absolute atomic E-state index is 0.0798. The van der Waals surface area contributed by atoms with Crippen molar-refractivity contribution < 1.29 is 9.34 Å². The molecule has 0 aliphatic rings. The normalized spacial score (nSPS) is 9.70. The Hall–Kier alpha value is -3.52. The zero-order valence-electron chi connectivity index (χ0n) is 9.95. The number of rotatable bonds is 2. The van der Waals surface area contributed by atoms with Crippen LogP contribution in [0.4, 0.5) is 17.1 Å². The molecular formula is C12H7N5O3. The van der Waals surface area contributed by atoms with Gasteiger partial charge in [0.05, 0.1) is 22.4 Å². The largest absolute Gasteiger partial charge is 0.464 e. The lowest BCUT2D eigenvalue weighted by molar-refractivity contribution is -0.383. The minimum Gasteiger partial charge on any atom is -0.464 e. The maximum Gasteiger partial charge on any atom is 0.305 e. The second-order valence-electron chi connectivity index (χ2n) is 3.76. The maximum absolute atomic E-state index is 11.2. The summed E-state index contributed by atoms with van der Waals surface area (Å²) in [4.78, 5) is 10.4. The summed E-state index contributed by atoms with van der Waals surface area (Å²) >= 11 is 0. The molecule has 1 aromatic heterocycles. The van der Waals surface area contributed by atoms with Gasteiger partial charge in [-0.3, -0.25) is 10.1 Å². The van der Waals surface area contributed by atoms with E-state index < -0.39 is 10.6 Å². The molecule has 1 heterocycles. The molecule has 2 rings (SSSR count). The first-order chi connectivity index (χ1) is 9.52. The number of hydrogen-bond acceptors (Lipinski definition) is 7. The summed E-state index contributed by atoms with van der Waals surface area (Å²) in [7, 11) is 0. The van der Waals surface area contributed by atoms with Gasteiger partial charge in [0.25, 0.3) is 0 Å². The third kappa shape index (κ3) is 1.69. The Kier molecular flexibility index (Phi) is 2.99. The van der Waals surface area contributed by atoms with E-state index in [4.69, 9.17) is 21.1 Å². The number of nitro benzene ring substituents is 1. The van der Waals surface area contributed by atoms with Crippen LogP contribution in [0.3, 0.4) is 0 Å². The van der Waals surface area contributed by atoms with Gasteiger partial charge in [0, 0.05) is 0 Å². The molecule has 0 fully saturated rings. The number of nitriles is 2. The molecule has 1 aromatic carbocycles. The average molecular weight is 269 g/mol. The number of nitro groups is 1. The van der Waals surface area contributed by atoms with Crippen LogP contribution in [-0.2, 0) is 0 Å². The van der Waals surface area contributed by atoms with E-state index in [0.29, 0.717) is 0 Å². The van der Waals surface area contributed by atoms with Crippen LogP contribution in [0.5, 0.6) is 0 Å². The molecule has 0 aliphatic heterocycles. The second-order valence-corrected chi connectivity index (χ2v) is 3.76. The molecule has 0 radical (unpaired) electrons.